The Morgan fingerprint density at radius 2 is 1.73 bits per heavy atom. The van der Waals surface area contributed by atoms with E-state index >= 15 is 0 Å². The lowest BCUT2D eigenvalue weighted by Crippen LogP contribution is -2.09. The van der Waals surface area contributed by atoms with E-state index in [1.54, 1.807) is 4.88 Å². The summed E-state index contributed by atoms with van der Waals surface area (Å²) in [6.45, 7) is 9.99. The fourth-order valence-electron chi connectivity index (χ4n) is 2.15. The van der Waals surface area contributed by atoms with E-state index in [0.29, 0.717) is 11.8 Å². The minimum absolute atomic E-state index is 0.592. The third kappa shape index (κ3) is 1.92. The molecule has 0 saturated heterocycles. The molecule has 84 valence electrons. The number of thiophene rings is 1. The van der Waals surface area contributed by atoms with Gasteiger partial charge >= 0.3 is 0 Å². The normalized spacial score (nSPS) is 15.6. The van der Waals surface area contributed by atoms with Gasteiger partial charge in [0.1, 0.15) is 5.75 Å². The molecule has 0 atom stereocenters. The first-order chi connectivity index (χ1) is 7.11. The van der Waals surface area contributed by atoms with Crippen LogP contribution in [0.1, 0.15) is 61.3 Å². The highest BCUT2D eigenvalue weighted by atomic mass is 32.1. The Kier molecular flexibility index (Phi) is 3.06. The molecule has 0 saturated carbocycles. The lowest BCUT2D eigenvalue weighted by molar-refractivity contribution is 0.286. The number of ether oxygens (including phenoxy) is 1. The molecular weight excluding hydrogens is 204 g/mol. The second-order valence-electron chi connectivity index (χ2n) is 4.90. The molecule has 1 aromatic heterocycles. The van der Waals surface area contributed by atoms with Gasteiger partial charge in [0.2, 0.25) is 0 Å². The maximum absolute atomic E-state index is 5.86. The molecule has 15 heavy (non-hydrogen) atoms. The maximum Gasteiger partial charge on any atom is 0.136 e. The summed E-state index contributed by atoms with van der Waals surface area (Å²) >= 11 is 1.97. The molecule has 1 aliphatic heterocycles. The minimum Gasteiger partial charge on any atom is -0.492 e. The van der Waals surface area contributed by atoms with E-state index in [1.165, 1.54) is 29.0 Å². The molecule has 0 bridgehead atoms. The van der Waals surface area contributed by atoms with Gasteiger partial charge in [0.15, 0.2) is 0 Å². The summed E-state index contributed by atoms with van der Waals surface area (Å²) in [7, 11) is 0. The van der Waals surface area contributed by atoms with Crippen LogP contribution in [-0.4, -0.2) is 6.61 Å². The van der Waals surface area contributed by atoms with Gasteiger partial charge in [0, 0.05) is 15.3 Å². The highest BCUT2D eigenvalue weighted by Gasteiger charge is 2.24. The second kappa shape index (κ2) is 4.17. The van der Waals surface area contributed by atoms with Crippen LogP contribution < -0.4 is 4.74 Å². The van der Waals surface area contributed by atoms with E-state index in [4.69, 9.17) is 4.74 Å². The quantitative estimate of drug-likeness (QED) is 0.727. The van der Waals surface area contributed by atoms with E-state index in [1.807, 2.05) is 11.3 Å². The molecule has 0 unspecified atom stereocenters. The predicted molar refractivity (Wildman–Crippen MR) is 66.3 cm³/mol. The monoisotopic (exact) mass is 224 g/mol. The topological polar surface area (TPSA) is 9.23 Å². The van der Waals surface area contributed by atoms with Crippen LogP contribution in [-0.2, 0) is 6.42 Å². The zero-order valence-corrected chi connectivity index (χ0v) is 10.9. The van der Waals surface area contributed by atoms with Crippen LogP contribution in [0.4, 0.5) is 0 Å². The summed E-state index contributed by atoms with van der Waals surface area (Å²) in [5, 5.41) is 0. The van der Waals surface area contributed by atoms with Crippen LogP contribution in [0.5, 0.6) is 5.75 Å². The highest BCUT2D eigenvalue weighted by Crippen LogP contribution is 2.45. The molecule has 0 fully saturated rings. The third-order valence-corrected chi connectivity index (χ3v) is 4.70. The Labute approximate surface area is 96.5 Å². The molecule has 0 N–H and O–H groups in total. The zero-order chi connectivity index (χ0) is 11.0. The van der Waals surface area contributed by atoms with Crippen molar-refractivity contribution in [1.82, 2.24) is 0 Å². The zero-order valence-electron chi connectivity index (χ0n) is 10.1. The van der Waals surface area contributed by atoms with E-state index in [0.717, 1.165) is 6.61 Å². The van der Waals surface area contributed by atoms with Gasteiger partial charge in [-0.3, -0.25) is 0 Å². The summed E-state index contributed by atoms with van der Waals surface area (Å²) in [4.78, 5) is 3.00. The van der Waals surface area contributed by atoms with Crippen molar-refractivity contribution in [2.24, 2.45) is 0 Å². The Morgan fingerprint density at radius 1 is 1.07 bits per heavy atom. The number of fused-ring (bicyclic) bond motifs is 1. The molecule has 0 radical (unpaired) electrons. The number of rotatable bonds is 2. The minimum atomic E-state index is 0.592. The van der Waals surface area contributed by atoms with Crippen molar-refractivity contribution in [1.29, 1.82) is 0 Å². The third-order valence-electron chi connectivity index (χ3n) is 2.88. The van der Waals surface area contributed by atoms with E-state index in [-0.39, 0.29) is 0 Å². The van der Waals surface area contributed by atoms with Gasteiger partial charge in [-0.05, 0) is 24.7 Å². The van der Waals surface area contributed by atoms with Gasteiger partial charge in [-0.1, -0.05) is 27.7 Å². The molecule has 1 nitrogen and oxygen atoms in total. The Balaban J connectivity index is 2.49. The number of hydrogen-bond donors (Lipinski definition) is 0. The van der Waals surface area contributed by atoms with Crippen LogP contribution in [0.15, 0.2) is 0 Å². The van der Waals surface area contributed by atoms with Gasteiger partial charge in [0.25, 0.3) is 0 Å². The Bertz CT molecular complexity index is 317. The number of hydrogen-bond acceptors (Lipinski definition) is 2. The first-order valence-corrected chi connectivity index (χ1v) is 6.71. The molecule has 1 aromatic rings. The van der Waals surface area contributed by atoms with Gasteiger partial charge in [-0.2, -0.15) is 0 Å². The average molecular weight is 224 g/mol. The Hall–Kier alpha value is -0.500. The summed E-state index contributed by atoms with van der Waals surface area (Å²) in [5.74, 6) is 2.46. The molecule has 0 aliphatic carbocycles. The van der Waals surface area contributed by atoms with Crippen LogP contribution in [0.2, 0.25) is 0 Å². The van der Waals surface area contributed by atoms with Gasteiger partial charge in [-0.15, -0.1) is 11.3 Å². The van der Waals surface area contributed by atoms with E-state index < -0.39 is 0 Å². The van der Waals surface area contributed by atoms with Crippen molar-refractivity contribution in [3.8, 4) is 5.75 Å². The van der Waals surface area contributed by atoms with Crippen LogP contribution in [0.3, 0.4) is 0 Å². The highest BCUT2D eigenvalue weighted by molar-refractivity contribution is 7.12. The first-order valence-electron chi connectivity index (χ1n) is 5.89. The van der Waals surface area contributed by atoms with Crippen LogP contribution in [0.25, 0.3) is 0 Å². The summed E-state index contributed by atoms with van der Waals surface area (Å²) in [6.07, 6.45) is 2.40. The molecule has 2 heteroatoms. The first kappa shape index (κ1) is 11.0. The SMILES string of the molecule is CC(C)c1sc(C(C)C)c2c1CCCO2. The summed E-state index contributed by atoms with van der Waals surface area (Å²) in [6, 6.07) is 0. The fraction of sp³-hybridized carbons (Fsp3) is 0.692. The molecular formula is C13H20OS. The van der Waals surface area contributed by atoms with Gasteiger partial charge < -0.3 is 4.74 Å². The second-order valence-corrected chi connectivity index (χ2v) is 5.98. The molecule has 0 amide bonds. The summed E-state index contributed by atoms with van der Waals surface area (Å²) < 4.78 is 5.86. The lowest BCUT2D eigenvalue weighted by Gasteiger charge is -2.17. The predicted octanol–water partition coefficient (Wildman–Crippen LogP) is 4.32. The van der Waals surface area contributed by atoms with Gasteiger partial charge in [-0.25, -0.2) is 0 Å². The van der Waals surface area contributed by atoms with Gasteiger partial charge in [0.05, 0.1) is 6.61 Å². The van der Waals surface area contributed by atoms with E-state index in [2.05, 4.69) is 27.7 Å². The largest absolute Gasteiger partial charge is 0.492 e. The smallest absolute Gasteiger partial charge is 0.136 e. The van der Waals surface area contributed by atoms with E-state index in [9.17, 15) is 0 Å². The van der Waals surface area contributed by atoms with Crippen molar-refractivity contribution in [3.63, 3.8) is 0 Å². The van der Waals surface area contributed by atoms with Crippen molar-refractivity contribution >= 4 is 11.3 Å². The molecule has 2 rings (SSSR count). The molecule has 0 aromatic carbocycles. The molecule has 0 spiro atoms. The Morgan fingerprint density at radius 3 is 2.33 bits per heavy atom. The summed E-state index contributed by atoms with van der Waals surface area (Å²) in [5.41, 5.74) is 1.50. The standard InChI is InChI=1S/C13H20OS/c1-8(2)12-10-6-5-7-14-11(10)13(15-12)9(3)4/h8-9H,5-7H2,1-4H3. The lowest BCUT2D eigenvalue weighted by atomic mass is 10.00. The molecule has 2 heterocycles. The van der Waals surface area contributed by atoms with Crippen molar-refractivity contribution < 1.29 is 4.74 Å². The van der Waals surface area contributed by atoms with Crippen LogP contribution in [0, 0.1) is 0 Å². The average Bonchev–Trinajstić information content (AvgIpc) is 2.56. The van der Waals surface area contributed by atoms with Crippen molar-refractivity contribution in [2.75, 3.05) is 6.61 Å². The van der Waals surface area contributed by atoms with Crippen molar-refractivity contribution in [2.45, 2.75) is 52.4 Å². The molecule has 1 aliphatic rings. The maximum atomic E-state index is 5.86. The fourth-order valence-corrected chi connectivity index (χ4v) is 3.45. The van der Waals surface area contributed by atoms with Crippen molar-refractivity contribution in [3.05, 3.63) is 15.3 Å². The van der Waals surface area contributed by atoms with Crippen LogP contribution >= 0.6 is 11.3 Å².